The lowest BCUT2D eigenvalue weighted by atomic mass is 9.89. The molecular formula is C22H27ClN4O. The SMILES string of the molecule is O=C(c1ccccc1)N(Cl)C1CCC(N2CCN(c3ccccn3)CC2)CC1. The highest BCUT2D eigenvalue weighted by Crippen LogP contribution is 2.29. The van der Waals surface area contributed by atoms with Gasteiger partial charge in [-0.1, -0.05) is 24.3 Å². The van der Waals surface area contributed by atoms with E-state index in [0.29, 0.717) is 11.6 Å². The lowest BCUT2D eigenvalue weighted by Gasteiger charge is -2.43. The molecule has 1 saturated carbocycles. The van der Waals surface area contributed by atoms with Crippen LogP contribution in [-0.4, -0.2) is 58.5 Å². The summed E-state index contributed by atoms with van der Waals surface area (Å²) in [4.78, 5) is 22.0. The summed E-state index contributed by atoms with van der Waals surface area (Å²) in [5.41, 5.74) is 0.658. The second-order valence-corrected chi connectivity index (χ2v) is 8.02. The number of hydrogen-bond acceptors (Lipinski definition) is 4. The van der Waals surface area contributed by atoms with Gasteiger partial charge in [-0.2, -0.15) is 0 Å². The van der Waals surface area contributed by atoms with Gasteiger partial charge >= 0.3 is 0 Å². The van der Waals surface area contributed by atoms with Crippen molar-refractivity contribution < 1.29 is 4.79 Å². The average Bonchev–Trinajstić information content (AvgIpc) is 2.79. The van der Waals surface area contributed by atoms with E-state index in [1.54, 1.807) is 0 Å². The third-order valence-electron chi connectivity index (χ3n) is 6.01. The van der Waals surface area contributed by atoms with E-state index in [4.69, 9.17) is 11.8 Å². The van der Waals surface area contributed by atoms with Crippen molar-refractivity contribution in [3.63, 3.8) is 0 Å². The van der Waals surface area contributed by atoms with Gasteiger partial charge in [0.2, 0.25) is 0 Å². The van der Waals surface area contributed by atoms with Crippen LogP contribution in [0.15, 0.2) is 54.7 Å². The predicted octanol–water partition coefficient (Wildman–Crippen LogP) is 3.81. The lowest BCUT2D eigenvalue weighted by molar-refractivity contribution is 0.0745. The number of carbonyl (C=O) groups excluding carboxylic acids is 1. The summed E-state index contributed by atoms with van der Waals surface area (Å²) in [6, 6.07) is 16.1. The molecule has 4 rings (SSSR count). The van der Waals surface area contributed by atoms with Crippen LogP contribution in [0.1, 0.15) is 36.0 Å². The highest BCUT2D eigenvalue weighted by molar-refractivity contribution is 6.24. The number of halogens is 1. The van der Waals surface area contributed by atoms with Gasteiger partial charge in [-0.3, -0.25) is 9.69 Å². The molecule has 0 spiro atoms. The summed E-state index contributed by atoms with van der Waals surface area (Å²) in [6.45, 7) is 4.18. The molecule has 0 bridgehead atoms. The molecule has 1 aromatic heterocycles. The Kier molecular flexibility index (Phi) is 6.13. The van der Waals surface area contributed by atoms with Crippen molar-refractivity contribution in [2.45, 2.75) is 37.8 Å². The van der Waals surface area contributed by atoms with E-state index in [-0.39, 0.29) is 11.9 Å². The molecule has 1 aliphatic heterocycles. The number of anilines is 1. The molecule has 0 N–H and O–H groups in total. The van der Waals surface area contributed by atoms with Crippen LogP contribution in [0.2, 0.25) is 0 Å². The smallest absolute Gasteiger partial charge is 0.268 e. The fraction of sp³-hybridized carbons (Fsp3) is 0.455. The van der Waals surface area contributed by atoms with Gasteiger partial charge in [0.15, 0.2) is 0 Å². The van der Waals surface area contributed by atoms with Gasteiger partial charge in [-0.15, -0.1) is 0 Å². The third-order valence-corrected chi connectivity index (χ3v) is 6.44. The van der Waals surface area contributed by atoms with Crippen molar-refractivity contribution in [2.75, 3.05) is 31.1 Å². The summed E-state index contributed by atoms with van der Waals surface area (Å²) in [6.07, 6.45) is 5.98. The van der Waals surface area contributed by atoms with E-state index >= 15 is 0 Å². The van der Waals surface area contributed by atoms with Gasteiger partial charge < -0.3 is 4.90 Å². The number of piperazine rings is 1. The molecule has 2 aliphatic rings. The largest absolute Gasteiger partial charge is 0.354 e. The zero-order chi connectivity index (χ0) is 19.3. The van der Waals surface area contributed by atoms with Crippen LogP contribution in [0.4, 0.5) is 5.82 Å². The van der Waals surface area contributed by atoms with E-state index in [9.17, 15) is 4.79 Å². The standard InChI is InChI=1S/C22H27ClN4O/c23-27(22(28)18-6-2-1-3-7-18)20-11-9-19(10-12-20)25-14-16-26(17-15-25)21-8-4-5-13-24-21/h1-8,13,19-20H,9-12,14-17H2. The number of pyridine rings is 1. The fourth-order valence-corrected chi connectivity index (χ4v) is 4.67. The first kappa shape index (κ1) is 19.2. The Bertz CT molecular complexity index is 757. The highest BCUT2D eigenvalue weighted by Gasteiger charge is 2.32. The maximum Gasteiger partial charge on any atom is 0.268 e. The maximum atomic E-state index is 12.6. The normalized spacial score (nSPS) is 23.4. The first-order chi connectivity index (χ1) is 13.7. The second kappa shape index (κ2) is 8.93. The van der Waals surface area contributed by atoms with Crippen molar-refractivity contribution >= 4 is 23.5 Å². The van der Waals surface area contributed by atoms with Crippen LogP contribution >= 0.6 is 11.8 Å². The van der Waals surface area contributed by atoms with Crippen LogP contribution in [-0.2, 0) is 0 Å². The molecule has 0 unspecified atom stereocenters. The topological polar surface area (TPSA) is 39.7 Å². The minimum absolute atomic E-state index is 0.0882. The molecule has 1 saturated heterocycles. The van der Waals surface area contributed by atoms with Crippen LogP contribution in [0.5, 0.6) is 0 Å². The Balaban J connectivity index is 1.26. The summed E-state index contributed by atoms with van der Waals surface area (Å²) in [5, 5.41) is 0. The minimum Gasteiger partial charge on any atom is -0.354 e. The fourth-order valence-electron chi connectivity index (χ4n) is 4.38. The van der Waals surface area contributed by atoms with Crippen LogP contribution in [0.3, 0.4) is 0 Å². The lowest BCUT2D eigenvalue weighted by Crippen LogP contribution is -2.52. The number of benzene rings is 1. The molecule has 148 valence electrons. The average molecular weight is 399 g/mol. The van der Waals surface area contributed by atoms with E-state index in [0.717, 1.165) is 57.7 Å². The Labute approximate surface area is 172 Å². The van der Waals surface area contributed by atoms with Gasteiger partial charge in [-0.25, -0.2) is 9.40 Å². The number of aromatic nitrogens is 1. The molecule has 1 aromatic carbocycles. The molecule has 2 fully saturated rings. The van der Waals surface area contributed by atoms with Crippen molar-refractivity contribution in [3.05, 3.63) is 60.3 Å². The van der Waals surface area contributed by atoms with Crippen LogP contribution < -0.4 is 4.90 Å². The number of rotatable bonds is 4. The predicted molar refractivity (Wildman–Crippen MR) is 113 cm³/mol. The summed E-state index contributed by atoms with van der Waals surface area (Å²) >= 11 is 6.42. The number of hydrogen-bond donors (Lipinski definition) is 0. The third kappa shape index (κ3) is 4.31. The van der Waals surface area contributed by atoms with Crippen molar-refractivity contribution in [2.24, 2.45) is 0 Å². The molecule has 5 nitrogen and oxygen atoms in total. The molecule has 2 aromatic rings. The van der Waals surface area contributed by atoms with E-state index in [2.05, 4.69) is 20.9 Å². The highest BCUT2D eigenvalue weighted by atomic mass is 35.5. The summed E-state index contributed by atoms with van der Waals surface area (Å²) < 4.78 is 1.44. The van der Waals surface area contributed by atoms with Crippen LogP contribution in [0, 0.1) is 0 Å². The quantitative estimate of drug-likeness (QED) is 0.734. The molecule has 28 heavy (non-hydrogen) atoms. The first-order valence-corrected chi connectivity index (χ1v) is 10.5. The van der Waals surface area contributed by atoms with Crippen molar-refractivity contribution in [1.82, 2.24) is 14.3 Å². The van der Waals surface area contributed by atoms with Crippen LogP contribution in [0.25, 0.3) is 0 Å². The zero-order valence-electron chi connectivity index (χ0n) is 16.1. The number of nitrogens with zero attached hydrogens (tertiary/aromatic N) is 4. The van der Waals surface area contributed by atoms with E-state index in [1.165, 1.54) is 4.42 Å². The number of amides is 1. The first-order valence-electron chi connectivity index (χ1n) is 10.2. The van der Waals surface area contributed by atoms with Crippen molar-refractivity contribution in [1.29, 1.82) is 0 Å². The molecule has 1 aliphatic carbocycles. The second-order valence-electron chi connectivity index (χ2n) is 7.66. The van der Waals surface area contributed by atoms with E-state index < -0.39 is 0 Å². The van der Waals surface area contributed by atoms with Gasteiger partial charge in [0, 0.05) is 61.8 Å². The monoisotopic (exact) mass is 398 g/mol. The van der Waals surface area contributed by atoms with Gasteiger partial charge in [0.1, 0.15) is 5.82 Å². The van der Waals surface area contributed by atoms with Gasteiger partial charge in [-0.05, 0) is 49.9 Å². The Morgan fingerprint density at radius 3 is 2.25 bits per heavy atom. The Morgan fingerprint density at radius 2 is 1.61 bits per heavy atom. The molecule has 0 atom stereocenters. The van der Waals surface area contributed by atoms with Crippen molar-refractivity contribution in [3.8, 4) is 0 Å². The summed E-state index contributed by atoms with van der Waals surface area (Å²) in [7, 11) is 0. The molecular weight excluding hydrogens is 372 g/mol. The Morgan fingerprint density at radius 1 is 0.929 bits per heavy atom. The van der Waals surface area contributed by atoms with Gasteiger partial charge in [0.05, 0.1) is 0 Å². The van der Waals surface area contributed by atoms with E-state index in [1.807, 2.05) is 48.7 Å². The Hall–Kier alpha value is -2.11. The molecule has 1 amide bonds. The molecule has 0 radical (unpaired) electrons. The minimum atomic E-state index is -0.0882. The number of carbonyl (C=O) groups is 1. The molecule has 6 heteroatoms. The zero-order valence-corrected chi connectivity index (χ0v) is 16.8. The maximum absolute atomic E-state index is 12.6. The molecule has 2 heterocycles. The van der Waals surface area contributed by atoms with Gasteiger partial charge in [0.25, 0.3) is 5.91 Å². The summed E-state index contributed by atoms with van der Waals surface area (Å²) in [5.74, 6) is 0.984.